The molecule has 0 N–H and O–H groups in total. The van der Waals surface area contributed by atoms with Crippen molar-refractivity contribution in [3.63, 3.8) is 0 Å². The van der Waals surface area contributed by atoms with E-state index in [1.165, 1.54) is 14.2 Å². The second kappa shape index (κ2) is 4.81. The summed E-state index contributed by atoms with van der Waals surface area (Å²) in [5, 5.41) is 0.0345. The maximum Gasteiger partial charge on any atom is 0.335 e. The molecule has 110 valence electrons. The molecule has 3 unspecified atom stereocenters. The summed E-state index contributed by atoms with van der Waals surface area (Å²) in [6.45, 7) is 0. The first-order valence-corrected chi connectivity index (χ1v) is 8.94. The van der Waals surface area contributed by atoms with E-state index in [0.717, 1.165) is 0 Å². The third-order valence-corrected chi connectivity index (χ3v) is 10.4. The first-order chi connectivity index (χ1) is 8.53. The summed E-state index contributed by atoms with van der Waals surface area (Å²) < 4.78 is 20.8. The van der Waals surface area contributed by atoms with Crippen molar-refractivity contribution < 1.29 is 13.6 Å². The van der Waals surface area contributed by atoms with Crippen LogP contribution in [0.4, 0.5) is 0 Å². The molecule has 0 aromatic rings. The summed E-state index contributed by atoms with van der Waals surface area (Å²) in [5.41, 5.74) is -0.904. The summed E-state index contributed by atoms with van der Waals surface area (Å²) >= 11 is 37.6. The van der Waals surface area contributed by atoms with Crippen LogP contribution in [0.1, 0.15) is 6.42 Å². The zero-order valence-electron chi connectivity index (χ0n) is 9.72. The first-order valence-electron chi connectivity index (χ1n) is 5.06. The molecular formula is C9H9Cl6O3P. The highest BCUT2D eigenvalue weighted by atomic mass is 35.5. The van der Waals surface area contributed by atoms with Gasteiger partial charge in [0.2, 0.25) is 0 Å². The highest BCUT2D eigenvalue weighted by Gasteiger charge is 2.81. The van der Waals surface area contributed by atoms with E-state index >= 15 is 0 Å². The lowest BCUT2D eigenvalue weighted by atomic mass is 10.1. The Morgan fingerprint density at radius 3 is 1.89 bits per heavy atom. The molecule has 0 aromatic heterocycles. The lowest BCUT2D eigenvalue weighted by molar-refractivity contribution is 0.262. The van der Waals surface area contributed by atoms with E-state index in [9.17, 15) is 4.57 Å². The SMILES string of the molecule is COP(=O)(OC)C1CC2(Cl)C(Cl)=C(Cl)C1(Cl)C2(Cl)Cl. The average molecular weight is 409 g/mol. The fourth-order valence-electron chi connectivity index (χ4n) is 2.54. The van der Waals surface area contributed by atoms with E-state index in [2.05, 4.69) is 0 Å². The molecule has 0 heterocycles. The van der Waals surface area contributed by atoms with Gasteiger partial charge in [0.15, 0.2) is 4.33 Å². The summed E-state index contributed by atoms with van der Waals surface area (Å²) in [6, 6.07) is 0. The van der Waals surface area contributed by atoms with Crippen molar-refractivity contribution >= 4 is 77.2 Å². The molecule has 3 atom stereocenters. The number of halogens is 6. The first kappa shape index (κ1) is 17.0. The van der Waals surface area contributed by atoms with Crippen molar-refractivity contribution in [3.05, 3.63) is 10.1 Å². The lowest BCUT2D eigenvalue weighted by Gasteiger charge is -2.35. The summed E-state index contributed by atoms with van der Waals surface area (Å²) in [5.74, 6) is 0. The maximum absolute atomic E-state index is 12.6. The minimum atomic E-state index is -3.59. The predicted octanol–water partition coefficient (Wildman–Crippen LogP) is 5.08. The molecule has 0 aliphatic heterocycles. The predicted molar refractivity (Wildman–Crippen MR) is 80.4 cm³/mol. The second-order valence-electron chi connectivity index (χ2n) is 4.34. The molecule has 2 rings (SSSR count). The largest absolute Gasteiger partial charge is 0.335 e. The number of rotatable bonds is 3. The van der Waals surface area contributed by atoms with Crippen LogP contribution in [0.5, 0.6) is 0 Å². The van der Waals surface area contributed by atoms with Crippen LogP contribution >= 0.6 is 77.2 Å². The summed E-state index contributed by atoms with van der Waals surface area (Å²) in [6.07, 6.45) is 0.0269. The van der Waals surface area contributed by atoms with E-state index in [-0.39, 0.29) is 16.5 Å². The molecule has 0 aromatic carbocycles. The topological polar surface area (TPSA) is 35.5 Å². The number of fused-ring (bicyclic) bond motifs is 2. The quantitative estimate of drug-likeness (QED) is 0.482. The van der Waals surface area contributed by atoms with Crippen LogP contribution in [-0.4, -0.2) is 34.0 Å². The van der Waals surface area contributed by atoms with Gasteiger partial charge in [0.05, 0.1) is 15.7 Å². The molecule has 0 spiro atoms. The zero-order valence-corrected chi connectivity index (χ0v) is 15.2. The number of allylic oxidation sites excluding steroid dienone is 2. The van der Waals surface area contributed by atoms with E-state index in [4.69, 9.17) is 78.7 Å². The van der Waals surface area contributed by atoms with Crippen LogP contribution in [0, 0.1) is 0 Å². The van der Waals surface area contributed by atoms with Gasteiger partial charge in [-0.15, -0.1) is 23.2 Å². The van der Waals surface area contributed by atoms with Crippen LogP contribution < -0.4 is 0 Å². The van der Waals surface area contributed by atoms with Gasteiger partial charge in [0, 0.05) is 14.2 Å². The van der Waals surface area contributed by atoms with Crippen molar-refractivity contribution in [1.29, 1.82) is 0 Å². The van der Waals surface area contributed by atoms with Gasteiger partial charge in [-0.25, -0.2) is 0 Å². The van der Waals surface area contributed by atoms with Gasteiger partial charge in [-0.2, -0.15) is 0 Å². The monoisotopic (exact) mass is 406 g/mol. The molecule has 19 heavy (non-hydrogen) atoms. The third-order valence-electron chi connectivity index (χ3n) is 3.64. The Labute approximate surface area is 140 Å². The highest BCUT2D eigenvalue weighted by Crippen LogP contribution is 2.79. The van der Waals surface area contributed by atoms with E-state index in [0.29, 0.717) is 0 Å². The van der Waals surface area contributed by atoms with Crippen LogP contribution in [0.15, 0.2) is 10.1 Å². The summed E-state index contributed by atoms with van der Waals surface area (Å²) in [7, 11) is -1.11. The van der Waals surface area contributed by atoms with Crippen molar-refractivity contribution in [2.75, 3.05) is 14.2 Å². The lowest BCUT2D eigenvalue weighted by Crippen LogP contribution is -2.45. The van der Waals surface area contributed by atoms with Crippen molar-refractivity contribution in [2.45, 2.75) is 26.2 Å². The maximum atomic E-state index is 12.6. The van der Waals surface area contributed by atoms with Gasteiger partial charge < -0.3 is 9.05 Å². The van der Waals surface area contributed by atoms with Crippen molar-refractivity contribution in [3.8, 4) is 0 Å². The molecular weight excluding hydrogens is 400 g/mol. The number of hydrogen-bond acceptors (Lipinski definition) is 3. The van der Waals surface area contributed by atoms with E-state index < -0.39 is 27.3 Å². The van der Waals surface area contributed by atoms with Crippen LogP contribution in [0.25, 0.3) is 0 Å². The second-order valence-corrected chi connectivity index (χ2v) is 10.1. The number of alkyl halides is 4. The highest BCUT2D eigenvalue weighted by molar-refractivity contribution is 7.55. The Balaban J connectivity index is 2.66. The van der Waals surface area contributed by atoms with E-state index in [1.54, 1.807) is 0 Å². The third kappa shape index (κ3) is 1.77. The molecule has 10 heteroatoms. The molecule has 3 nitrogen and oxygen atoms in total. The van der Waals surface area contributed by atoms with Gasteiger partial charge in [0.1, 0.15) is 9.75 Å². The molecule has 2 aliphatic rings. The Hall–Kier alpha value is 1.63. The molecule has 1 saturated carbocycles. The fourth-order valence-corrected chi connectivity index (χ4v) is 7.81. The van der Waals surface area contributed by atoms with Crippen molar-refractivity contribution in [2.24, 2.45) is 0 Å². The number of hydrogen-bond donors (Lipinski definition) is 0. The van der Waals surface area contributed by atoms with Crippen LogP contribution in [0.2, 0.25) is 0 Å². The smallest absolute Gasteiger partial charge is 0.312 e. The molecule has 2 aliphatic carbocycles. The minimum Gasteiger partial charge on any atom is -0.312 e. The summed E-state index contributed by atoms with van der Waals surface area (Å²) in [4.78, 5) is -3.05. The molecule has 0 radical (unpaired) electrons. The van der Waals surface area contributed by atoms with Crippen molar-refractivity contribution in [1.82, 2.24) is 0 Å². The Bertz CT molecular complexity index is 500. The molecule has 2 bridgehead atoms. The standard InChI is InChI=1S/C9H9Cl6O3P/c1-17-19(16,18-2)4-3-7(12)5(10)6(11)8(4,13)9(7,14)15/h4H,3H2,1-2H3. The van der Waals surface area contributed by atoms with Gasteiger partial charge in [-0.1, -0.05) is 46.4 Å². The Morgan fingerprint density at radius 1 is 1.11 bits per heavy atom. The van der Waals surface area contributed by atoms with Crippen LogP contribution in [0.3, 0.4) is 0 Å². The van der Waals surface area contributed by atoms with Gasteiger partial charge in [0.25, 0.3) is 0 Å². The van der Waals surface area contributed by atoms with Gasteiger partial charge >= 0.3 is 7.60 Å². The normalized spacial score (nSPS) is 41.2. The molecule has 0 amide bonds. The van der Waals surface area contributed by atoms with E-state index in [1.807, 2.05) is 0 Å². The fraction of sp³-hybridized carbons (Fsp3) is 0.778. The average Bonchev–Trinajstić information content (AvgIpc) is 2.60. The van der Waals surface area contributed by atoms with Gasteiger partial charge in [-0.05, 0) is 6.42 Å². The molecule has 0 saturated heterocycles. The molecule has 1 fully saturated rings. The van der Waals surface area contributed by atoms with Gasteiger partial charge in [-0.3, -0.25) is 4.57 Å². The Kier molecular flexibility index (Phi) is 4.30. The Morgan fingerprint density at radius 2 is 1.58 bits per heavy atom. The van der Waals surface area contributed by atoms with Crippen LogP contribution in [-0.2, 0) is 13.6 Å². The zero-order chi connectivity index (χ0) is 14.9. The minimum absolute atomic E-state index is 0.0265.